The van der Waals surface area contributed by atoms with E-state index in [9.17, 15) is 9.90 Å². The van der Waals surface area contributed by atoms with Gasteiger partial charge in [0.2, 0.25) is 0 Å². The van der Waals surface area contributed by atoms with E-state index in [4.69, 9.17) is 16.2 Å². The van der Waals surface area contributed by atoms with Crippen molar-refractivity contribution >= 4 is 23.1 Å². The van der Waals surface area contributed by atoms with Crippen molar-refractivity contribution in [2.75, 3.05) is 12.4 Å². The molecule has 2 aromatic rings. The second-order valence-electron chi connectivity index (χ2n) is 8.45. The summed E-state index contributed by atoms with van der Waals surface area (Å²) >= 11 is 0. The van der Waals surface area contributed by atoms with Crippen LogP contribution in [0.25, 0.3) is 5.70 Å². The third kappa shape index (κ3) is 8.83. The van der Waals surface area contributed by atoms with Gasteiger partial charge in [0, 0.05) is 24.5 Å². The zero-order valence-corrected chi connectivity index (χ0v) is 20.8. The third-order valence-corrected chi connectivity index (χ3v) is 5.52. The molecule has 0 bridgehead atoms. The number of carbonyl (C=O) groups excluding carboxylic acids is 1. The predicted octanol–water partition coefficient (Wildman–Crippen LogP) is 3.74. The molecule has 1 unspecified atom stereocenters. The lowest BCUT2D eigenvalue weighted by Gasteiger charge is -2.18. The molecular weight excluding hydrogens is 442 g/mol. The van der Waals surface area contributed by atoms with Crippen LogP contribution in [0.2, 0.25) is 0 Å². The van der Waals surface area contributed by atoms with Crippen molar-refractivity contribution in [2.45, 2.75) is 45.8 Å². The normalized spacial score (nSPS) is 14.9. The van der Waals surface area contributed by atoms with E-state index >= 15 is 0 Å². The first-order valence-electron chi connectivity index (χ1n) is 11.7. The Morgan fingerprint density at radius 2 is 1.94 bits per heavy atom. The number of nitrogens with one attached hydrogen (secondary N) is 2. The maximum atomic E-state index is 11.6. The highest BCUT2D eigenvalue weighted by atomic mass is 16.5. The van der Waals surface area contributed by atoms with E-state index in [1.54, 1.807) is 31.3 Å². The number of hydrogen-bond acceptors (Lipinski definition) is 6. The lowest BCUT2D eigenvalue weighted by Crippen LogP contribution is -2.27. The van der Waals surface area contributed by atoms with Crippen LogP contribution in [0.3, 0.4) is 0 Å². The van der Waals surface area contributed by atoms with Crippen molar-refractivity contribution in [2.24, 2.45) is 22.4 Å². The van der Waals surface area contributed by atoms with Gasteiger partial charge in [-0.05, 0) is 42.7 Å². The van der Waals surface area contributed by atoms with E-state index in [1.807, 2.05) is 24.3 Å². The number of ether oxygens (including phenoxy) is 1. The van der Waals surface area contributed by atoms with Crippen LogP contribution in [0.5, 0.6) is 5.75 Å². The molecule has 8 heteroatoms. The highest BCUT2D eigenvalue weighted by molar-refractivity contribution is 6.03. The molecule has 8 nitrogen and oxygen atoms in total. The van der Waals surface area contributed by atoms with E-state index in [0.717, 1.165) is 17.0 Å². The Morgan fingerprint density at radius 1 is 1.26 bits per heavy atom. The first-order chi connectivity index (χ1) is 16.7. The Bertz CT molecular complexity index is 1060. The number of rotatable bonds is 9. The van der Waals surface area contributed by atoms with Crippen LogP contribution in [-0.4, -0.2) is 30.0 Å². The van der Waals surface area contributed by atoms with Crippen molar-refractivity contribution in [1.82, 2.24) is 5.32 Å². The van der Waals surface area contributed by atoms with E-state index in [0.29, 0.717) is 22.8 Å². The SMILES string of the molecule is C=CN=C(N)/C(NC)=C(/N)c1cccc(OCc2cccc(NC(=O)C(C)O)c2)c1.CC1CCC1. The topological polar surface area (TPSA) is 135 Å². The maximum absolute atomic E-state index is 11.6. The molecule has 1 aliphatic carbocycles. The molecule has 0 heterocycles. The molecule has 0 saturated heterocycles. The number of anilines is 1. The molecule has 1 aliphatic rings. The largest absolute Gasteiger partial charge is 0.489 e. The Labute approximate surface area is 207 Å². The van der Waals surface area contributed by atoms with Crippen LogP contribution in [0.15, 0.2) is 72.0 Å². The van der Waals surface area contributed by atoms with E-state index in [2.05, 4.69) is 29.1 Å². The minimum atomic E-state index is -1.08. The zero-order valence-electron chi connectivity index (χ0n) is 20.8. The second kappa shape index (κ2) is 13.8. The van der Waals surface area contributed by atoms with Crippen molar-refractivity contribution in [1.29, 1.82) is 0 Å². The smallest absolute Gasteiger partial charge is 0.252 e. The van der Waals surface area contributed by atoms with Gasteiger partial charge in [0.25, 0.3) is 5.91 Å². The summed E-state index contributed by atoms with van der Waals surface area (Å²) in [4.78, 5) is 15.6. The van der Waals surface area contributed by atoms with Gasteiger partial charge in [-0.15, -0.1) is 0 Å². The van der Waals surface area contributed by atoms with E-state index < -0.39 is 12.0 Å². The van der Waals surface area contributed by atoms with Crippen LogP contribution in [-0.2, 0) is 11.4 Å². The average molecular weight is 480 g/mol. The molecule has 7 N–H and O–H groups in total. The molecule has 188 valence electrons. The van der Waals surface area contributed by atoms with Gasteiger partial charge in [-0.1, -0.05) is 57.0 Å². The van der Waals surface area contributed by atoms with Crippen molar-refractivity contribution < 1.29 is 14.6 Å². The van der Waals surface area contributed by atoms with Gasteiger partial charge in [0.05, 0.1) is 5.70 Å². The summed E-state index contributed by atoms with van der Waals surface area (Å²) in [6.07, 6.45) is 4.72. The summed E-state index contributed by atoms with van der Waals surface area (Å²) < 4.78 is 5.87. The fourth-order valence-corrected chi connectivity index (χ4v) is 3.23. The Balaban J connectivity index is 0.000000764. The minimum Gasteiger partial charge on any atom is -0.489 e. The molecule has 0 radical (unpaired) electrons. The molecular formula is C27H37N5O3. The van der Waals surface area contributed by atoms with Gasteiger partial charge in [0.1, 0.15) is 30.0 Å². The summed E-state index contributed by atoms with van der Waals surface area (Å²) in [5.74, 6) is 1.44. The average Bonchev–Trinajstić information content (AvgIpc) is 2.83. The van der Waals surface area contributed by atoms with Gasteiger partial charge in [-0.2, -0.15) is 0 Å². The molecule has 0 aliphatic heterocycles. The molecule has 3 rings (SSSR count). The Morgan fingerprint density at radius 3 is 2.51 bits per heavy atom. The highest BCUT2D eigenvalue weighted by Gasteiger charge is 2.11. The van der Waals surface area contributed by atoms with Crippen LogP contribution in [0, 0.1) is 5.92 Å². The fourth-order valence-electron chi connectivity index (χ4n) is 3.23. The maximum Gasteiger partial charge on any atom is 0.252 e. The number of hydrogen-bond donors (Lipinski definition) is 5. The number of aliphatic hydroxyl groups is 1. The van der Waals surface area contributed by atoms with Crippen molar-refractivity contribution in [3.63, 3.8) is 0 Å². The molecule has 1 amide bonds. The molecule has 2 aromatic carbocycles. The minimum absolute atomic E-state index is 0.229. The fraction of sp³-hybridized carbons (Fsp3) is 0.333. The number of aliphatic hydroxyl groups excluding tert-OH is 1. The number of nitrogens with zero attached hydrogens (tertiary/aromatic N) is 1. The van der Waals surface area contributed by atoms with Gasteiger partial charge >= 0.3 is 0 Å². The third-order valence-electron chi connectivity index (χ3n) is 5.52. The van der Waals surface area contributed by atoms with Gasteiger partial charge in [-0.3, -0.25) is 4.79 Å². The quantitative estimate of drug-likeness (QED) is 0.275. The monoisotopic (exact) mass is 479 g/mol. The molecule has 1 atom stereocenters. The standard InChI is InChI=1S/C22H27N5O3.C5H10/c1-4-26-21(24)20(25-3)19(23)16-8-6-10-18(12-16)30-13-15-7-5-9-17(11-15)27-22(29)14(2)28;1-5-3-2-4-5/h4-12,14,25,28H,1,13,23H2,2-3H3,(H2,24,26)(H,27,29);5H,2-4H2,1H3/b20-19-;. The molecule has 0 aromatic heterocycles. The number of amidine groups is 1. The van der Waals surface area contributed by atoms with Crippen molar-refractivity contribution in [3.05, 3.63) is 78.1 Å². The number of nitrogens with two attached hydrogens (primary N) is 2. The summed E-state index contributed by atoms with van der Waals surface area (Å²) in [7, 11) is 1.71. The Hall–Kier alpha value is -3.78. The summed E-state index contributed by atoms with van der Waals surface area (Å²) in [6.45, 7) is 7.53. The van der Waals surface area contributed by atoms with Crippen LogP contribution >= 0.6 is 0 Å². The van der Waals surface area contributed by atoms with Gasteiger partial charge < -0.3 is 31.9 Å². The van der Waals surface area contributed by atoms with Crippen molar-refractivity contribution in [3.8, 4) is 5.75 Å². The number of aliphatic imine (C=N–C) groups is 1. The number of likely N-dealkylation sites (N-methyl/N-ethyl adjacent to an activating group) is 1. The van der Waals surface area contributed by atoms with E-state index in [1.165, 1.54) is 32.4 Å². The summed E-state index contributed by atoms with van der Waals surface area (Å²) in [5, 5.41) is 14.9. The highest BCUT2D eigenvalue weighted by Crippen LogP contribution is 2.24. The van der Waals surface area contributed by atoms with Crippen LogP contribution in [0.4, 0.5) is 5.69 Å². The lowest BCUT2D eigenvalue weighted by atomic mass is 9.88. The number of benzene rings is 2. The zero-order chi connectivity index (χ0) is 25.8. The van der Waals surface area contributed by atoms with Crippen LogP contribution in [0.1, 0.15) is 44.2 Å². The summed E-state index contributed by atoms with van der Waals surface area (Å²) in [5.41, 5.74) is 15.2. The first kappa shape index (κ1) is 27.5. The molecule has 0 spiro atoms. The first-order valence-corrected chi connectivity index (χ1v) is 11.7. The molecule has 1 fully saturated rings. The lowest BCUT2D eigenvalue weighted by molar-refractivity contribution is -0.123. The number of carbonyl (C=O) groups is 1. The van der Waals surface area contributed by atoms with Gasteiger partial charge in [0.15, 0.2) is 0 Å². The molecule has 1 saturated carbocycles. The summed E-state index contributed by atoms with van der Waals surface area (Å²) in [6, 6.07) is 14.5. The molecule has 35 heavy (non-hydrogen) atoms. The van der Waals surface area contributed by atoms with E-state index in [-0.39, 0.29) is 12.4 Å². The second-order valence-corrected chi connectivity index (χ2v) is 8.45. The predicted molar refractivity (Wildman–Crippen MR) is 143 cm³/mol. The van der Waals surface area contributed by atoms with Gasteiger partial charge in [-0.25, -0.2) is 4.99 Å². The Kier molecular flexibility index (Phi) is 10.8. The van der Waals surface area contributed by atoms with Crippen LogP contribution < -0.4 is 26.8 Å². The number of amides is 1.